The number of hydrogen-bond acceptors (Lipinski definition) is 5. The molecule has 1 saturated heterocycles. The number of nitrogens with one attached hydrogen (secondary N) is 3. The molecule has 27 heavy (non-hydrogen) atoms. The van der Waals surface area contributed by atoms with Gasteiger partial charge < -0.3 is 20.3 Å². The third kappa shape index (κ3) is 10.5. The average Bonchev–Trinajstić information content (AvgIpc) is 2.56. The predicted octanol–water partition coefficient (Wildman–Crippen LogP) is -0.103. The van der Waals surface area contributed by atoms with E-state index in [4.69, 9.17) is 4.74 Å². The van der Waals surface area contributed by atoms with E-state index in [-0.39, 0.29) is 36.4 Å². The lowest BCUT2D eigenvalue weighted by atomic mass is 10.1. The van der Waals surface area contributed by atoms with Gasteiger partial charge >= 0.3 is 0 Å². The molecule has 0 saturated carbocycles. The van der Waals surface area contributed by atoms with E-state index in [0.717, 1.165) is 19.3 Å². The minimum absolute atomic E-state index is 0.0401. The normalized spacial score (nSPS) is 18.9. The number of sulfonamides is 1. The number of aliphatic imine (C=N–C) groups is 1. The fourth-order valence-electron chi connectivity index (χ4n) is 2.69. The Morgan fingerprint density at radius 1 is 1.30 bits per heavy atom. The van der Waals surface area contributed by atoms with Gasteiger partial charge in [0.15, 0.2) is 5.96 Å². The Labute approximate surface area is 163 Å². The van der Waals surface area contributed by atoms with E-state index < -0.39 is 10.0 Å². The van der Waals surface area contributed by atoms with Gasteiger partial charge in [0.1, 0.15) is 0 Å². The minimum atomic E-state index is -3.40. The van der Waals surface area contributed by atoms with E-state index in [9.17, 15) is 13.2 Å². The van der Waals surface area contributed by atoms with Crippen molar-refractivity contribution in [1.82, 2.24) is 20.3 Å². The Kier molecular flexibility index (Phi) is 9.48. The molecule has 0 aromatic carbocycles. The Bertz CT molecular complexity index is 595. The van der Waals surface area contributed by atoms with Crippen LogP contribution in [0.3, 0.4) is 0 Å². The molecule has 1 heterocycles. The fourth-order valence-corrected chi connectivity index (χ4v) is 3.65. The Morgan fingerprint density at radius 3 is 2.56 bits per heavy atom. The topological polar surface area (TPSA) is 112 Å². The van der Waals surface area contributed by atoms with Crippen molar-refractivity contribution in [1.29, 1.82) is 0 Å². The van der Waals surface area contributed by atoms with Gasteiger partial charge in [-0.3, -0.25) is 9.79 Å². The summed E-state index contributed by atoms with van der Waals surface area (Å²) in [6.07, 6.45) is 2.95. The molecule has 158 valence electrons. The number of amides is 1. The molecule has 1 rings (SSSR count). The Balaban J connectivity index is 2.37. The largest absolute Gasteiger partial charge is 0.377 e. The van der Waals surface area contributed by atoms with E-state index in [1.807, 2.05) is 20.8 Å². The van der Waals surface area contributed by atoms with Crippen LogP contribution in [0.4, 0.5) is 0 Å². The van der Waals surface area contributed by atoms with E-state index in [0.29, 0.717) is 19.1 Å². The number of rotatable bonds is 8. The second kappa shape index (κ2) is 10.8. The van der Waals surface area contributed by atoms with Crippen LogP contribution in [0.15, 0.2) is 4.99 Å². The van der Waals surface area contributed by atoms with Gasteiger partial charge in [-0.25, -0.2) is 13.1 Å². The first kappa shape index (κ1) is 23.6. The van der Waals surface area contributed by atoms with Crippen molar-refractivity contribution in [2.24, 2.45) is 4.99 Å². The summed E-state index contributed by atoms with van der Waals surface area (Å²) in [4.78, 5) is 17.7. The van der Waals surface area contributed by atoms with E-state index in [1.54, 1.807) is 19.0 Å². The number of hydrogen-bond donors (Lipinski definition) is 3. The lowest BCUT2D eigenvalue weighted by molar-refractivity contribution is -0.122. The molecule has 3 N–H and O–H groups in total. The zero-order valence-corrected chi connectivity index (χ0v) is 18.0. The number of guanidine groups is 1. The van der Waals surface area contributed by atoms with Gasteiger partial charge in [0.05, 0.1) is 18.4 Å². The molecule has 0 radical (unpaired) electrons. The molecule has 10 heteroatoms. The first-order valence-corrected chi connectivity index (χ1v) is 11.0. The molecule has 0 bridgehead atoms. The Hall–Kier alpha value is -1.39. The van der Waals surface area contributed by atoms with Gasteiger partial charge in [0.25, 0.3) is 0 Å². The monoisotopic (exact) mass is 405 g/mol. The molecule has 0 aromatic heterocycles. The molecule has 1 fully saturated rings. The van der Waals surface area contributed by atoms with Crippen LogP contribution >= 0.6 is 0 Å². The minimum Gasteiger partial charge on any atom is -0.377 e. The van der Waals surface area contributed by atoms with Crippen LogP contribution in [-0.4, -0.2) is 82.9 Å². The van der Waals surface area contributed by atoms with Gasteiger partial charge in [0.2, 0.25) is 15.9 Å². The highest BCUT2D eigenvalue weighted by atomic mass is 32.2. The molecular formula is C17H35N5O4S. The molecular weight excluding hydrogens is 370 g/mol. The maximum Gasteiger partial charge on any atom is 0.240 e. The lowest BCUT2D eigenvalue weighted by Crippen LogP contribution is -2.49. The van der Waals surface area contributed by atoms with E-state index in [2.05, 4.69) is 20.3 Å². The molecule has 0 aromatic rings. The summed E-state index contributed by atoms with van der Waals surface area (Å²) in [5, 5.41) is 5.85. The molecule has 0 aliphatic carbocycles. The zero-order valence-electron chi connectivity index (χ0n) is 17.2. The van der Waals surface area contributed by atoms with Crippen LogP contribution < -0.4 is 15.4 Å². The number of nitrogens with zero attached hydrogens (tertiary/aromatic N) is 2. The van der Waals surface area contributed by atoms with Crippen molar-refractivity contribution in [3.8, 4) is 0 Å². The fraction of sp³-hybridized carbons (Fsp3) is 0.882. The van der Waals surface area contributed by atoms with Crippen LogP contribution in [0.25, 0.3) is 0 Å². The molecule has 9 nitrogen and oxygen atoms in total. The van der Waals surface area contributed by atoms with Crippen molar-refractivity contribution in [3.05, 3.63) is 0 Å². The highest BCUT2D eigenvalue weighted by molar-refractivity contribution is 7.89. The quantitative estimate of drug-likeness (QED) is 0.384. The molecule has 0 spiro atoms. The zero-order chi connectivity index (χ0) is 20.5. The highest BCUT2D eigenvalue weighted by Crippen LogP contribution is 2.11. The second-order valence-corrected chi connectivity index (χ2v) is 9.71. The first-order chi connectivity index (χ1) is 12.5. The summed E-state index contributed by atoms with van der Waals surface area (Å²) in [6, 6.07) is 0. The summed E-state index contributed by atoms with van der Waals surface area (Å²) in [5.41, 5.74) is -0.309. The van der Waals surface area contributed by atoms with Gasteiger partial charge in [0, 0.05) is 39.3 Å². The third-order valence-corrected chi connectivity index (χ3v) is 5.28. The summed E-state index contributed by atoms with van der Waals surface area (Å²) in [7, 11) is -0.0851. The summed E-state index contributed by atoms with van der Waals surface area (Å²) >= 11 is 0. The van der Waals surface area contributed by atoms with Crippen LogP contribution in [0.1, 0.15) is 40.0 Å². The Morgan fingerprint density at radius 2 is 2.00 bits per heavy atom. The van der Waals surface area contributed by atoms with Crippen LogP contribution in [0, 0.1) is 0 Å². The van der Waals surface area contributed by atoms with Crippen LogP contribution in [0.5, 0.6) is 0 Å². The average molecular weight is 406 g/mol. The third-order valence-electron chi connectivity index (χ3n) is 3.93. The van der Waals surface area contributed by atoms with Gasteiger partial charge in [-0.05, 0) is 40.0 Å². The maximum absolute atomic E-state index is 12.1. The van der Waals surface area contributed by atoms with Crippen molar-refractivity contribution >= 4 is 21.9 Å². The SMILES string of the molecule is CN=C(NCCS(=O)(=O)NCC1CCCCO1)N(C)CC(=O)NC(C)(C)C. The lowest BCUT2D eigenvalue weighted by Gasteiger charge is -2.25. The van der Waals surface area contributed by atoms with Gasteiger partial charge in [-0.2, -0.15) is 0 Å². The number of carbonyl (C=O) groups excluding carboxylic acids is 1. The standard InChI is InChI=1S/C17H35N5O4S/c1-17(2,3)21-15(23)13-22(5)16(18-4)19-9-11-27(24,25)20-12-14-8-6-7-10-26-14/h14,20H,6-13H2,1-5H3,(H,18,19)(H,21,23). The molecule has 1 amide bonds. The molecule has 1 atom stereocenters. The van der Waals surface area contributed by atoms with Gasteiger partial charge in [-0.1, -0.05) is 0 Å². The molecule has 1 unspecified atom stereocenters. The number of carbonyl (C=O) groups is 1. The second-order valence-electron chi connectivity index (χ2n) is 7.78. The van der Waals surface area contributed by atoms with Crippen molar-refractivity contribution in [3.63, 3.8) is 0 Å². The molecule has 1 aliphatic rings. The van der Waals surface area contributed by atoms with Crippen LogP contribution in [-0.2, 0) is 19.6 Å². The maximum atomic E-state index is 12.1. The highest BCUT2D eigenvalue weighted by Gasteiger charge is 2.19. The predicted molar refractivity (Wildman–Crippen MR) is 107 cm³/mol. The number of likely N-dealkylation sites (N-methyl/N-ethyl adjacent to an activating group) is 1. The van der Waals surface area contributed by atoms with Gasteiger partial charge in [-0.15, -0.1) is 0 Å². The summed E-state index contributed by atoms with van der Waals surface area (Å²) < 4.78 is 32.4. The van der Waals surface area contributed by atoms with Crippen molar-refractivity contribution < 1.29 is 17.9 Å². The van der Waals surface area contributed by atoms with Crippen LogP contribution in [0.2, 0.25) is 0 Å². The molecule has 1 aliphatic heterocycles. The summed E-state index contributed by atoms with van der Waals surface area (Å²) in [6.45, 7) is 7.06. The first-order valence-electron chi connectivity index (χ1n) is 9.34. The smallest absolute Gasteiger partial charge is 0.240 e. The summed E-state index contributed by atoms with van der Waals surface area (Å²) in [5.74, 6) is 0.250. The van der Waals surface area contributed by atoms with E-state index in [1.165, 1.54) is 0 Å². The van der Waals surface area contributed by atoms with Crippen molar-refractivity contribution in [2.45, 2.75) is 51.7 Å². The number of ether oxygens (including phenoxy) is 1. The van der Waals surface area contributed by atoms with Crippen molar-refractivity contribution in [2.75, 3.05) is 46.1 Å². The van der Waals surface area contributed by atoms with E-state index >= 15 is 0 Å².